The van der Waals surface area contributed by atoms with Gasteiger partial charge < -0.3 is 20.2 Å². The van der Waals surface area contributed by atoms with E-state index in [1.165, 1.54) is 16.8 Å². The largest absolute Gasteiger partial charge is 0.392 e. The van der Waals surface area contributed by atoms with Gasteiger partial charge in [0.2, 0.25) is 0 Å². The molecule has 0 bridgehead atoms. The minimum atomic E-state index is 0.0934. The molecule has 0 atom stereocenters. The van der Waals surface area contributed by atoms with Crippen molar-refractivity contribution in [2.45, 2.75) is 26.6 Å². The summed E-state index contributed by atoms with van der Waals surface area (Å²) in [7, 11) is 0. The molecule has 1 heterocycles. The van der Waals surface area contributed by atoms with Gasteiger partial charge in [0.1, 0.15) is 0 Å². The van der Waals surface area contributed by atoms with Gasteiger partial charge in [0.05, 0.1) is 6.61 Å². The first-order valence-electron chi connectivity index (χ1n) is 9.25. The number of nitrogens with zero attached hydrogens (tertiary/aromatic N) is 2. The summed E-state index contributed by atoms with van der Waals surface area (Å²) in [6.45, 7) is 9.55. The lowest BCUT2D eigenvalue weighted by molar-refractivity contribution is 0.271. The molecular weight excluding hydrogens is 310 g/mol. The van der Waals surface area contributed by atoms with E-state index in [0.717, 1.165) is 51.4 Å². The topological polar surface area (TPSA) is 38.7 Å². The van der Waals surface area contributed by atoms with Crippen molar-refractivity contribution in [1.82, 2.24) is 10.2 Å². The predicted molar refractivity (Wildman–Crippen MR) is 104 cm³/mol. The Morgan fingerprint density at radius 3 is 2.12 bits per heavy atom. The molecule has 2 N–H and O–H groups in total. The third kappa shape index (κ3) is 4.60. The third-order valence-electron chi connectivity index (χ3n) is 5.07. The van der Waals surface area contributed by atoms with Gasteiger partial charge in [0.25, 0.3) is 0 Å². The van der Waals surface area contributed by atoms with E-state index >= 15 is 0 Å². The normalized spacial score (nSPS) is 15.5. The number of aliphatic hydroxyl groups excluding tert-OH is 1. The average Bonchev–Trinajstić information content (AvgIpc) is 2.69. The molecular formula is C21H29N3O. The molecule has 1 fully saturated rings. The molecule has 0 unspecified atom stereocenters. The van der Waals surface area contributed by atoms with E-state index in [1.54, 1.807) is 0 Å². The van der Waals surface area contributed by atoms with Crippen LogP contribution in [-0.2, 0) is 19.7 Å². The molecule has 4 nitrogen and oxygen atoms in total. The zero-order valence-electron chi connectivity index (χ0n) is 15.1. The van der Waals surface area contributed by atoms with Crippen LogP contribution in [0.25, 0.3) is 0 Å². The predicted octanol–water partition coefficient (Wildman–Crippen LogP) is 2.61. The van der Waals surface area contributed by atoms with Crippen LogP contribution in [0, 0.1) is 0 Å². The lowest BCUT2D eigenvalue weighted by Gasteiger charge is -2.36. The van der Waals surface area contributed by atoms with E-state index in [0.29, 0.717) is 0 Å². The Balaban J connectivity index is 1.61. The lowest BCUT2D eigenvalue weighted by Crippen LogP contribution is -2.46. The first kappa shape index (κ1) is 17.9. The lowest BCUT2D eigenvalue weighted by atomic mass is 10.1. The molecule has 0 radical (unpaired) electrons. The summed E-state index contributed by atoms with van der Waals surface area (Å²) in [5.74, 6) is 0. The molecule has 2 aromatic carbocycles. The summed E-state index contributed by atoms with van der Waals surface area (Å²) in [5, 5.41) is 13.0. The number of aliphatic hydroxyl groups is 1. The Hall–Kier alpha value is -1.88. The number of hydrogen-bond donors (Lipinski definition) is 2. The molecule has 25 heavy (non-hydrogen) atoms. The number of likely N-dealkylation sites (N-methyl/N-ethyl adjacent to an activating group) is 1. The summed E-state index contributed by atoms with van der Waals surface area (Å²) in [4.78, 5) is 5.01. The molecule has 0 saturated carbocycles. The van der Waals surface area contributed by atoms with Crippen LogP contribution >= 0.6 is 0 Å². The van der Waals surface area contributed by atoms with Crippen molar-refractivity contribution in [3.63, 3.8) is 0 Å². The Kier molecular flexibility index (Phi) is 6.45. The molecule has 2 aromatic rings. The Morgan fingerprint density at radius 2 is 1.44 bits per heavy atom. The second-order valence-corrected chi connectivity index (χ2v) is 6.58. The number of hydrogen-bond acceptors (Lipinski definition) is 4. The zero-order valence-corrected chi connectivity index (χ0v) is 15.1. The number of nitrogens with one attached hydrogen (secondary N) is 1. The van der Waals surface area contributed by atoms with Crippen molar-refractivity contribution in [3.05, 3.63) is 65.2 Å². The maximum Gasteiger partial charge on any atom is 0.0685 e. The maximum atomic E-state index is 9.45. The number of piperazine rings is 1. The van der Waals surface area contributed by atoms with Crippen LogP contribution < -0.4 is 10.2 Å². The highest BCUT2D eigenvalue weighted by Crippen LogP contribution is 2.22. The van der Waals surface area contributed by atoms with Crippen LogP contribution in [0.4, 0.5) is 5.69 Å². The highest BCUT2D eigenvalue weighted by Gasteiger charge is 2.17. The number of rotatable bonds is 7. The van der Waals surface area contributed by atoms with Gasteiger partial charge in [-0.05, 0) is 29.3 Å². The number of para-hydroxylation sites is 1. The van der Waals surface area contributed by atoms with Crippen molar-refractivity contribution in [2.24, 2.45) is 0 Å². The molecule has 1 aliphatic rings. The summed E-state index contributed by atoms with van der Waals surface area (Å²) in [6.07, 6.45) is 0. The van der Waals surface area contributed by atoms with Gasteiger partial charge in [0, 0.05) is 45.0 Å². The molecule has 0 amide bonds. The van der Waals surface area contributed by atoms with Gasteiger partial charge in [-0.15, -0.1) is 0 Å². The fourth-order valence-corrected chi connectivity index (χ4v) is 3.49. The first-order chi connectivity index (χ1) is 12.3. The van der Waals surface area contributed by atoms with Gasteiger partial charge in [-0.2, -0.15) is 0 Å². The van der Waals surface area contributed by atoms with Crippen molar-refractivity contribution in [2.75, 3.05) is 37.6 Å². The van der Waals surface area contributed by atoms with Crippen LogP contribution in [-0.4, -0.2) is 42.7 Å². The second kappa shape index (κ2) is 8.99. The molecule has 4 heteroatoms. The third-order valence-corrected chi connectivity index (χ3v) is 5.07. The van der Waals surface area contributed by atoms with Gasteiger partial charge >= 0.3 is 0 Å². The smallest absolute Gasteiger partial charge is 0.0685 e. The molecule has 0 aromatic heterocycles. The number of benzene rings is 2. The van der Waals surface area contributed by atoms with E-state index in [-0.39, 0.29) is 6.61 Å². The van der Waals surface area contributed by atoms with Crippen molar-refractivity contribution < 1.29 is 5.11 Å². The summed E-state index contributed by atoms with van der Waals surface area (Å²) >= 11 is 0. The number of anilines is 1. The SMILES string of the molecule is CCN1CCN(c2ccccc2CNCc2ccccc2CO)CC1. The van der Waals surface area contributed by atoms with Gasteiger partial charge in [-0.3, -0.25) is 0 Å². The molecule has 134 valence electrons. The monoisotopic (exact) mass is 339 g/mol. The fraction of sp³-hybridized carbons (Fsp3) is 0.429. The minimum Gasteiger partial charge on any atom is -0.392 e. The average molecular weight is 339 g/mol. The highest BCUT2D eigenvalue weighted by atomic mass is 16.3. The summed E-state index contributed by atoms with van der Waals surface area (Å²) < 4.78 is 0. The van der Waals surface area contributed by atoms with Crippen LogP contribution in [0.2, 0.25) is 0 Å². The molecule has 0 spiro atoms. The molecule has 3 rings (SSSR count). The van der Waals surface area contributed by atoms with Gasteiger partial charge in [-0.25, -0.2) is 0 Å². The highest BCUT2D eigenvalue weighted by molar-refractivity contribution is 5.54. The van der Waals surface area contributed by atoms with E-state index in [1.807, 2.05) is 18.2 Å². The molecule has 1 saturated heterocycles. The van der Waals surface area contributed by atoms with Crippen LogP contribution in [0.5, 0.6) is 0 Å². The summed E-state index contributed by atoms with van der Waals surface area (Å²) in [6, 6.07) is 16.8. The van der Waals surface area contributed by atoms with Crippen molar-refractivity contribution >= 4 is 5.69 Å². The van der Waals surface area contributed by atoms with Gasteiger partial charge in [0.15, 0.2) is 0 Å². The van der Waals surface area contributed by atoms with Crippen LogP contribution in [0.15, 0.2) is 48.5 Å². The minimum absolute atomic E-state index is 0.0934. The summed E-state index contributed by atoms with van der Waals surface area (Å²) in [5.41, 5.74) is 4.85. The Morgan fingerprint density at radius 1 is 0.840 bits per heavy atom. The van der Waals surface area contributed by atoms with Crippen molar-refractivity contribution in [3.8, 4) is 0 Å². The molecule has 0 aliphatic carbocycles. The Bertz CT molecular complexity index is 666. The van der Waals surface area contributed by atoms with Crippen LogP contribution in [0.3, 0.4) is 0 Å². The van der Waals surface area contributed by atoms with E-state index in [9.17, 15) is 5.11 Å². The van der Waals surface area contributed by atoms with E-state index in [4.69, 9.17) is 0 Å². The zero-order chi connectivity index (χ0) is 17.5. The maximum absolute atomic E-state index is 9.45. The fourth-order valence-electron chi connectivity index (χ4n) is 3.49. The van der Waals surface area contributed by atoms with Gasteiger partial charge in [-0.1, -0.05) is 49.4 Å². The van der Waals surface area contributed by atoms with Crippen LogP contribution in [0.1, 0.15) is 23.6 Å². The quantitative estimate of drug-likeness (QED) is 0.813. The second-order valence-electron chi connectivity index (χ2n) is 6.58. The Labute approximate surface area is 151 Å². The molecule has 1 aliphatic heterocycles. The van der Waals surface area contributed by atoms with E-state index in [2.05, 4.69) is 52.4 Å². The van der Waals surface area contributed by atoms with E-state index < -0.39 is 0 Å². The standard InChI is InChI=1S/C21H29N3O/c1-2-23-11-13-24(14-12-23)21-10-6-5-8-19(21)16-22-15-18-7-3-4-9-20(18)17-25/h3-10,22,25H,2,11-17H2,1H3. The first-order valence-corrected chi connectivity index (χ1v) is 9.25. The van der Waals surface area contributed by atoms with Crippen molar-refractivity contribution in [1.29, 1.82) is 0 Å².